The highest BCUT2D eigenvalue weighted by Gasteiger charge is 2.16. The van der Waals surface area contributed by atoms with Crippen LogP contribution in [0.2, 0.25) is 0 Å². The Kier molecular flexibility index (Phi) is 3.13. The maximum atomic E-state index is 4.34. The molecule has 1 unspecified atom stereocenters. The van der Waals surface area contributed by atoms with Crippen LogP contribution >= 0.6 is 11.3 Å². The molecule has 15 heavy (non-hydrogen) atoms. The lowest BCUT2D eigenvalue weighted by atomic mass is 10.2. The van der Waals surface area contributed by atoms with E-state index in [1.165, 1.54) is 0 Å². The fraction of sp³-hybridized carbons (Fsp3) is 0.400. The molecule has 4 nitrogen and oxygen atoms in total. The first kappa shape index (κ1) is 10.3. The Bertz CT molecular complexity index is 407. The van der Waals surface area contributed by atoms with Crippen molar-refractivity contribution in [3.63, 3.8) is 0 Å². The summed E-state index contributed by atoms with van der Waals surface area (Å²) in [6.07, 6.45) is 5.74. The van der Waals surface area contributed by atoms with Gasteiger partial charge in [0.25, 0.3) is 0 Å². The van der Waals surface area contributed by atoms with Gasteiger partial charge in [-0.15, -0.1) is 11.3 Å². The lowest BCUT2D eigenvalue weighted by Crippen LogP contribution is -2.21. The molecule has 2 aromatic heterocycles. The molecular weight excluding hydrogens is 208 g/mol. The smallest absolute Gasteiger partial charge is 0.114 e. The zero-order chi connectivity index (χ0) is 10.7. The van der Waals surface area contributed by atoms with Crippen molar-refractivity contribution in [1.82, 2.24) is 20.1 Å². The molecule has 2 aromatic rings. The van der Waals surface area contributed by atoms with E-state index in [9.17, 15) is 0 Å². The van der Waals surface area contributed by atoms with Gasteiger partial charge in [-0.3, -0.25) is 4.68 Å². The minimum atomic E-state index is 0.170. The molecule has 0 aliphatic heterocycles. The fourth-order valence-corrected chi connectivity index (χ4v) is 2.26. The summed E-state index contributed by atoms with van der Waals surface area (Å²) in [4.78, 5) is 4.34. The number of nitrogens with one attached hydrogen (secondary N) is 1. The fourth-order valence-electron chi connectivity index (χ4n) is 1.52. The van der Waals surface area contributed by atoms with Gasteiger partial charge in [-0.1, -0.05) is 6.92 Å². The van der Waals surface area contributed by atoms with Crippen molar-refractivity contribution in [1.29, 1.82) is 0 Å². The van der Waals surface area contributed by atoms with Crippen LogP contribution in [-0.2, 0) is 7.05 Å². The molecule has 1 atom stereocenters. The molecule has 0 aromatic carbocycles. The summed E-state index contributed by atoms with van der Waals surface area (Å²) in [6.45, 7) is 3.01. The quantitative estimate of drug-likeness (QED) is 0.854. The van der Waals surface area contributed by atoms with Crippen molar-refractivity contribution in [3.05, 3.63) is 34.5 Å². The van der Waals surface area contributed by atoms with E-state index in [0.717, 1.165) is 17.1 Å². The molecule has 0 fully saturated rings. The second-order valence-corrected chi connectivity index (χ2v) is 4.23. The molecule has 0 aliphatic carbocycles. The molecule has 2 heterocycles. The minimum absolute atomic E-state index is 0.170. The highest BCUT2D eigenvalue weighted by Crippen LogP contribution is 2.22. The molecule has 0 bridgehead atoms. The van der Waals surface area contributed by atoms with E-state index in [4.69, 9.17) is 0 Å². The molecule has 0 aliphatic rings. The summed E-state index contributed by atoms with van der Waals surface area (Å²) in [7, 11) is 1.92. The second-order valence-electron chi connectivity index (χ2n) is 3.31. The van der Waals surface area contributed by atoms with Gasteiger partial charge >= 0.3 is 0 Å². The van der Waals surface area contributed by atoms with Crippen LogP contribution in [0.4, 0.5) is 0 Å². The van der Waals surface area contributed by atoms with Crippen LogP contribution in [0.15, 0.2) is 24.0 Å². The van der Waals surface area contributed by atoms with Crippen LogP contribution in [0.25, 0.3) is 0 Å². The van der Waals surface area contributed by atoms with Gasteiger partial charge in [0.2, 0.25) is 0 Å². The predicted octanol–water partition coefficient (Wildman–Crippen LogP) is 1.58. The minimum Gasteiger partial charge on any atom is -0.304 e. The topological polar surface area (TPSA) is 42.7 Å². The Morgan fingerprint density at radius 1 is 1.60 bits per heavy atom. The van der Waals surface area contributed by atoms with Gasteiger partial charge in [-0.25, -0.2) is 4.98 Å². The highest BCUT2D eigenvalue weighted by molar-refractivity contribution is 7.09. The van der Waals surface area contributed by atoms with Gasteiger partial charge in [-0.2, -0.15) is 5.10 Å². The third-order valence-electron chi connectivity index (χ3n) is 2.16. The molecule has 1 N–H and O–H groups in total. The summed E-state index contributed by atoms with van der Waals surface area (Å²) in [5.41, 5.74) is 1.16. The first-order chi connectivity index (χ1) is 7.31. The number of aryl methyl sites for hydroxylation is 1. The van der Waals surface area contributed by atoms with Gasteiger partial charge in [0.15, 0.2) is 0 Å². The highest BCUT2D eigenvalue weighted by atomic mass is 32.1. The molecule has 5 heteroatoms. The Hall–Kier alpha value is -1.20. The lowest BCUT2D eigenvalue weighted by Gasteiger charge is -2.12. The van der Waals surface area contributed by atoms with Crippen molar-refractivity contribution in [2.45, 2.75) is 13.0 Å². The third-order valence-corrected chi connectivity index (χ3v) is 3.01. The van der Waals surface area contributed by atoms with E-state index in [-0.39, 0.29) is 6.04 Å². The van der Waals surface area contributed by atoms with Gasteiger partial charge in [0, 0.05) is 30.4 Å². The second kappa shape index (κ2) is 4.55. The summed E-state index contributed by atoms with van der Waals surface area (Å²) in [6, 6.07) is 0.170. The van der Waals surface area contributed by atoms with Crippen LogP contribution in [0, 0.1) is 0 Å². The molecule has 0 saturated heterocycles. The predicted molar refractivity (Wildman–Crippen MR) is 60.8 cm³/mol. The molecule has 2 rings (SSSR count). The number of thiazole rings is 1. The summed E-state index contributed by atoms with van der Waals surface area (Å²) >= 11 is 1.66. The molecule has 0 radical (unpaired) electrons. The Labute approximate surface area is 93.0 Å². The largest absolute Gasteiger partial charge is 0.304 e. The van der Waals surface area contributed by atoms with Gasteiger partial charge in [0.1, 0.15) is 5.01 Å². The summed E-state index contributed by atoms with van der Waals surface area (Å²) in [5.74, 6) is 0. The molecule has 0 spiro atoms. The first-order valence-corrected chi connectivity index (χ1v) is 5.80. The zero-order valence-electron chi connectivity index (χ0n) is 8.84. The van der Waals surface area contributed by atoms with Gasteiger partial charge in [-0.05, 0) is 6.54 Å². The Morgan fingerprint density at radius 2 is 2.47 bits per heavy atom. The van der Waals surface area contributed by atoms with Crippen LogP contribution in [0.1, 0.15) is 23.5 Å². The van der Waals surface area contributed by atoms with E-state index in [1.807, 2.05) is 35.7 Å². The zero-order valence-corrected chi connectivity index (χ0v) is 9.66. The van der Waals surface area contributed by atoms with Crippen molar-refractivity contribution >= 4 is 11.3 Å². The van der Waals surface area contributed by atoms with E-state index in [1.54, 1.807) is 11.3 Å². The van der Waals surface area contributed by atoms with Crippen LogP contribution in [0.3, 0.4) is 0 Å². The number of nitrogens with zero attached hydrogens (tertiary/aromatic N) is 3. The standard InChI is InChI=1S/C10H14N4S/c1-3-11-9(10-12-4-5-15-10)8-6-13-14(2)7-8/h4-7,9,11H,3H2,1-2H3. The average Bonchev–Trinajstić information content (AvgIpc) is 2.85. The number of rotatable bonds is 4. The average molecular weight is 222 g/mol. The van der Waals surface area contributed by atoms with Crippen LogP contribution in [-0.4, -0.2) is 21.3 Å². The summed E-state index contributed by atoms with van der Waals surface area (Å²) < 4.78 is 1.81. The van der Waals surface area contributed by atoms with Gasteiger partial charge in [0.05, 0.1) is 12.2 Å². The Morgan fingerprint density at radius 3 is 3.00 bits per heavy atom. The first-order valence-electron chi connectivity index (χ1n) is 4.92. The van der Waals surface area contributed by atoms with Crippen molar-refractivity contribution in [2.24, 2.45) is 7.05 Å². The van der Waals surface area contributed by atoms with Crippen LogP contribution < -0.4 is 5.32 Å². The third kappa shape index (κ3) is 2.24. The van der Waals surface area contributed by atoms with Crippen LogP contribution in [0.5, 0.6) is 0 Å². The van der Waals surface area contributed by atoms with Crippen molar-refractivity contribution < 1.29 is 0 Å². The Balaban J connectivity index is 2.27. The molecule has 80 valence electrons. The normalized spacial score (nSPS) is 12.9. The number of hydrogen-bond acceptors (Lipinski definition) is 4. The van der Waals surface area contributed by atoms with E-state index in [0.29, 0.717) is 0 Å². The molecule has 0 amide bonds. The van der Waals surface area contributed by atoms with Crippen molar-refractivity contribution in [3.8, 4) is 0 Å². The lowest BCUT2D eigenvalue weighted by molar-refractivity contribution is 0.626. The SMILES string of the molecule is CCNC(c1cnn(C)c1)c1nccs1. The number of hydrogen-bond donors (Lipinski definition) is 1. The molecular formula is C10H14N4S. The van der Waals surface area contributed by atoms with Crippen molar-refractivity contribution in [2.75, 3.05) is 6.54 Å². The maximum Gasteiger partial charge on any atom is 0.114 e. The summed E-state index contributed by atoms with van der Waals surface area (Å²) in [5, 5.41) is 10.7. The monoisotopic (exact) mass is 222 g/mol. The maximum absolute atomic E-state index is 4.34. The molecule has 0 saturated carbocycles. The van der Waals surface area contributed by atoms with E-state index in [2.05, 4.69) is 22.3 Å². The van der Waals surface area contributed by atoms with Gasteiger partial charge < -0.3 is 5.32 Å². The number of aromatic nitrogens is 3. The van der Waals surface area contributed by atoms with E-state index < -0.39 is 0 Å². The van der Waals surface area contributed by atoms with E-state index >= 15 is 0 Å².